The predicted molar refractivity (Wildman–Crippen MR) is 113 cm³/mol. The highest BCUT2D eigenvalue weighted by atomic mass is 16.3. The lowest BCUT2D eigenvalue weighted by Crippen LogP contribution is -2.45. The molecule has 2 heterocycles. The third kappa shape index (κ3) is 4.65. The molecule has 0 radical (unpaired) electrons. The minimum Gasteiger partial charge on any atom is -0.391 e. The van der Waals surface area contributed by atoms with Gasteiger partial charge in [0.25, 0.3) is 5.91 Å². The van der Waals surface area contributed by atoms with E-state index in [9.17, 15) is 9.90 Å². The zero-order chi connectivity index (χ0) is 20.9. The standard InChI is InChI=1S/C22H26N6O2/c1-15-6-8-17(22(30)26-18-4-2-3-5-20(18)29)12-19(15)23-13-16-7-9-21(24-14-16)28-11-10-25-27-28/h6-12,14,18,20,23,29H,2-5,13H2,1H3,(H,26,30)/t18-,20-/m0/s1. The maximum Gasteiger partial charge on any atom is 0.251 e. The summed E-state index contributed by atoms with van der Waals surface area (Å²) in [6.07, 6.45) is 8.30. The Hall–Kier alpha value is -3.26. The molecular formula is C22H26N6O2. The maximum atomic E-state index is 12.7. The number of anilines is 1. The summed E-state index contributed by atoms with van der Waals surface area (Å²) >= 11 is 0. The van der Waals surface area contributed by atoms with Gasteiger partial charge in [0, 0.05) is 24.0 Å². The van der Waals surface area contributed by atoms with Crippen LogP contribution in [0, 0.1) is 6.92 Å². The Morgan fingerprint density at radius 2 is 2.10 bits per heavy atom. The van der Waals surface area contributed by atoms with Crippen molar-refractivity contribution in [1.82, 2.24) is 25.3 Å². The Balaban J connectivity index is 1.40. The van der Waals surface area contributed by atoms with Gasteiger partial charge in [-0.25, -0.2) is 9.67 Å². The van der Waals surface area contributed by atoms with E-state index in [1.54, 1.807) is 23.3 Å². The Morgan fingerprint density at radius 1 is 1.23 bits per heavy atom. The van der Waals surface area contributed by atoms with Crippen LogP contribution in [0.3, 0.4) is 0 Å². The van der Waals surface area contributed by atoms with Crippen LogP contribution in [0.25, 0.3) is 5.82 Å². The molecule has 156 valence electrons. The lowest BCUT2D eigenvalue weighted by atomic mass is 9.92. The summed E-state index contributed by atoms with van der Waals surface area (Å²) in [5.74, 6) is 0.554. The second-order valence-electron chi connectivity index (χ2n) is 7.69. The molecule has 1 aliphatic rings. The number of rotatable bonds is 6. The fourth-order valence-corrected chi connectivity index (χ4v) is 3.67. The molecule has 3 N–H and O–H groups in total. The van der Waals surface area contributed by atoms with E-state index in [-0.39, 0.29) is 11.9 Å². The molecule has 30 heavy (non-hydrogen) atoms. The van der Waals surface area contributed by atoms with Gasteiger partial charge in [-0.15, -0.1) is 5.10 Å². The average Bonchev–Trinajstić information content (AvgIpc) is 3.30. The molecule has 1 amide bonds. The van der Waals surface area contributed by atoms with Gasteiger partial charge in [-0.05, 0) is 49.1 Å². The molecule has 2 aromatic heterocycles. The molecule has 1 saturated carbocycles. The average molecular weight is 406 g/mol. The molecule has 4 rings (SSSR count). The molecule has 1 fully saturated rings. The van der Waals surface area contributed by atoms with E-state index in [1.807, 2.05) is 37.3 Å². The summed E-state index contributed by atoms with van der Waals surface area (Å²) in [6, 6.07) is 9.31. The molecule has 0 bridgehead atoms. The van der Waals surface area contributed by atoms with Crippen LogP contribution in [0.5, 0.6) is 0 Å². The number of aliphatic hydroxyl groups is 1. The van der Waals surface area contributed by atoms with Crippen molar-refractivity contribution in [3.05, 3.63) is 65.6 Å². The van der Waals surface area contributed by atoms with Crippen molar-refractivity contribution in [3.63, 3.8) is 0 Å². The molecule has 8 heteroatoms. The monoisotopic (exact) mass is 406 g/mol. The van der Waals surface area contributed by atoms with Crippen LogP contribution in [0.15, 0.2) is 48.9 Å². The third-order valence-electron chi connectivity index (χ3n) is 5.50. The van der Waals surface area contributed by atoms with Gasteiger partial charge in [0.1, 0.15) is 0 Å². The molecule has 0 spiro atoms. The normalized spacial score (nSPS) is 18.7. The number of aliphatic hydroxyl groups excluding tert-OH is 1. The second kappa shape index (κ2) is 9.04. The fourth-order valence-electron chi connectivity index (χ4n) is 3.67. The molecular weight excluding hydrogens is 380 g/mol. The van der Waals surface area contributed by atoms with Gasteiger partial charge < -0.3 is 15.7 Å². The van der Waals surface area contributed by atoms with Crippen molar-refractivity contribution in [3.8, 4) is 5.82 Å². The number of hydrogen-bond donors (Lipinski definition) is 3. The van der Waals surface area contributed by atoms with Gasteiger partial charge in [0.2, 0.25) is 0 Å². The predicted octanol–water partition coefficient (Wildman–Crippen LogP) is 2.62. The quantitative estimate of drug-likeness (QED) is 0.581. The highest BCUT2D eigenvalue weighted by Crippen LogP contribution is 2.21. The highest BCUT2D eigenvalue weighted by molar-refractivity contribution is 5.95. The zero-order valence-corrected chi connectivity index (χ0v) is 17.0. The molecule has 0 saturated heterocycles. The number of aryl methyl sites for hydroxylation is 1. The lowest BCUT2D eigenvalue weighted by Gasteiger charge is -2.28. The number of pyridine rings is 1. The number of hydrogen-bond acceptors (Lipinski definition) is 6. The van der Waals surface area contributed by atoms with Crippen molar-refractivity contribution >= 4 is 11.6 Å². The molecule has 1 aliphatic carbocycles. The number of carbonyl (C=O) groups is 1. The second-order valence-corrected chi connectivity index (χ2v) is 7.69. The van der Waals surface area contributed by atoms with Crippen molar-refractivity contribution in [2.24, 2.45) is 0 Å². The van der Waals surface area contributed by atoms with Gasteiger partial charge in [-0.1, -0.05) is 30.2 Å². The van der Waals surface area contributed by atoms with Crippen molar-refractivity contribution in [1.29, 1.82) is 0 Å². The van der Waals surface area contributed by atoms with Crippen LogP contribution in [0.1, 0.15) is 47.2 Å². The van der Waals surface area contributed by atoms with Crippen molar-refractivity contribution in [2.45, 2.75) is 51.3 Å². The Morgan fingerprint density at radius 3 is 2.83 bits per heavy atom. The zero-order valence-electron chi connectivity index (χ0n) is 17.0. The largest absolute Gasteiger partial charge is 0.391 e. The molecule has 1 aromatic carbocycles. The fraction of sp³-hybridized carbons (Fsp3) is 0.364. The van der Waals surface area contributed by atoms with Crippen LogP contribution >= 0.6 is 0 Å². The first-order valence-corrected chi connectivity index (χ1v) is 10.3. The number of aromatic nitrogens is 4. The molecule has 0 aliphatic heterocycles. The van der Waals surface area contributed by atoms with Crippen LogP contribution < -0.4 is 10.6 Å². The first-order valence-electron chi connectivity index (χ1n) is 10.3. The highest BCUT2D eigenvalue weighted by Gasteiger charge is 2.25. The van der Waals surface area contributed by atoms with Crippen LogP contribution in [-0.4, -0.2) is 43.1 Å². The van der Waals surface area contributed by atoms with Gasteiger partial charge in [-0.3, -0.25) is 4.79 Å². The Bertz CT molecular complexity index is 987. The first-order chi connectivity index (χ1) is 14.6. The molecule has 8 nitrogen and oxygen atoms in total. The van der Waals surface area contributed by atoms with E-state index in [0.717, 1.165) is 42.5 Å². The molecule has 3 aromatic rings. The summed E-state index contributed by atoms with van der Waals surface area (Å²) in [4.78, 5) is 17.1. The smallest absolute Gasteiger partial charge is 0.251 e. The van der Waals surface area contributed by atoms with Gasteiger partial charge in [-0.2, -0.15) is 0 Å². The SMILES string of the molecule is Cc1ccc(C(=O)N[C@H]2CCCC[C@@H]2O)cc1NCc1ccc(-n2ccnn2)nc1. The van der Waals surface area contributed by atoms with E-state index < -0.39 is 6.10 Å². The Kier molecular flexibility index (Phi) is 6.04. The summed E-state index contributed by atoms with van der Waals surface area (Å²) in [6.45, 7) is 2.58. The summed E-state index contributed by atoms with van der Waals surface area (Å²) in [5.41, 5.74) is 3.54. The minimum absolute atomic E-state index is 0.150. The van der Waals surface area contributed by atoms with E-state index in [4.69, 9.17) is 0 Å². The van der Waals surface area contributed by atoms with Crippen molar-refractivity contribution in [2.75, 3.05) is 5.32 Å². The van der Waals surface area contributed by atoms with Gasteiger partial charge in [0.15, 0.2) is 5.82 Å². The minimum atomic E-state index is -0.460. The number of benzene rings is 1. The molecule has 0 unspecified atom stereocenters. The van der Waals surface area contributed by atoms with Gasteiger partial charge >= 0.3 is 0 Å². The lowest BCUT2D eigenvalue weighted by molar-refractivity contribution is 0.0717. The van der Waals surface area contributed by atoms with Gasteiger partial charge in [0.05, 0.1) is 24.5 Å². The van der Waals surface area contributed by atoms with Crippen LogP contribution in [0.4, 0.5) is 5.69 Å². The third-order valence-corrected chi connectivity index (χ3v) is 5.50. The maximum absolute atomic E-state index is 12.7. The van der Waals surface area contributed by atoms with E-state index in [0.29, 0.717) is 17.9 Å². The van der Waals surface area contributed by atoms with E-state index in [1.165, 1.54) is 0 Å². The number of nitrogens with zero attached hydrogens (tertiary/aromatic N) is 4. The Labute approximate surface area is 175 Å². The van der Waals surface area contributed by atoms with E-state index in [2.05, 4.69) is 25.9 Å². The number of carbonyl (C=O) groups excluding carboxylic acids is 1. The van der Waals surface area contributed by atoms with E-state index >= 15 is 0 Å². The first kappa shape index (κ1) is 20.0. The topological polar surface area (TPSA) is 105 Å². The summed E-state index contributed by atoms with van der Waals surface area (Å²) < 4.78 is 1.60. The van der Waals surface area contributed by atoms with Crippen molar-refractivity contribution < 1.29 is 9.90 Å². The van der Waals surface area contributed by atoms with Crippen LogP contribution in [0.2, 0.25) is 0 Å². The number of amides is 1. The summed E-state index contributed by atoms with van der Waals surface area (Å²) in [7, 11) is 0. The number of nitrogens with one attached hydrogen (secondary N) is 2. The molecule has 2 atom stereocenters. The van der Waals surface area contributed by atoms with Crippen LogP contribution in [-0.2, 0) is 6.54 Å². The summed E-state index contributed by atoms with van der Waals surface area (Å²) in [5, 5.41) is 24.2.